The maximum Gasteiger partial charge on any atom is 0.241 e. The molecule has 0 radical (unpaired) electrons. The number of anilines is 1. The van der Waals surface area contributed by atoms with E-state index in [0.29, 0.717) is 12.1 Å². The Morgan fingerprint density at radius 1 is 1.25 bits per heavy atom. The van der Waals surface area contributed by atoms with E-state index >= 15 is 0 Å². The van der Waals surface area contributed by atoms with Crippen LogP contribution in [0.15, 0.2) is 30.3 Å². The van der Waals surface area contributed by atoms with Crippen LogP contribution in [0.3, 0.4) is 0 Å². The predicted octanol–water partition coefficient (Wildman–Crippen LogP) is 1.84. The van der Waals surface area contributed by atoms with E-state index in [9.17, 15) is 4.79 Å². The fourth-order valence-electron chi connectivity index (χ4n) is 3.45. The highest BCUT2D eigenvalue weighted by atomic mass is 16.2. The highest BCUT2D eigenvalue weighted by Gasteiger charge is 2.37. The summed E-state index contributed by atoms with van der Waals surface area (Å²) in [7, 11) is 0. The molecule has 3 atom stereocenters. The van der Waals surface area contributed by atoms with Crippen LogP contribution in [0.1, 0.15) is 26.2 Å². The van der Waals surface area contributed by atoms with Crippen LogP contribution in [0.5, 0.6) is 0 Å². The van der Waals surface area contributed by atoms with E-state index in [2.05, 4.69) is 15.5 Å². The van der Waals surface area contributed by atoms with Crippen LogP contribution < -0.4 is 10.6 Å². The fraction of sp³-hybridized carbons (Fsp3) is 0.562. The van der Waals surface area contributed by atoms with Crippen molar-refractivity contribution in [1.82, 2.24) is 10.2 Å². The molecule has 2 fully saturated rings. The number of para-hydroxylation sites is 1. The van der Waals surface area contributed by atoms with Gasteiger partial charge in [0.25, 0.3) is 0 Å². The molecule has 108 valence electrons. The molecule has 3 rings (SSSR count). The van der Waals surface area contributed by atoms with Crippen LogP contribution in [0.25, 0.3) is 0 Å². The zero-order valence-electron chi connectivity index (χ0n) is 12.0. The van der Waals surface area contributed by atoms with E-state index in [1.54, 1.807) is 0 Å². The first-order valence-electron chi connectivity index (χ1n) is 7.60. The summed E-state index contributed by atoms with van der Waals surface area (Å²) < 4.78 is 0. The predicted molar refractivity (Wildman–Crippen MR) is 80.7 cm³/mol. The lowest BCUT2D eigenvalue weighted by Gasteiger charge is -2.24. The van der Waals surface area contributed by atoms with Gasteiger partial charge < -0.3 is 10.6 Å². The molecule has 0 aliphatic carbocycles. The van der Waals surface area contributed by atoms with Crippen LogP contribution in [0.4, 0.5) is 5.69 Å². The van der Waals surface area contributed by atoms with Crippen molar-refractivity contribution in [1.29, 1.82) is 0 Å². The number of carbonyl (C=O) groups excluding carboxylic acids is 1. The Hall–Kier alpha value is -1.39. The Morgan fingerprint density at radius 3 is 2.85 bits per heavy atom. The minimum atomic E-state index is -0.152. The molecule has 1 amide bonds. The van der Waals surface area contributed by atoms with Gasteiger partial charge in [-0.05, 0) is 44.9 Å². The van der Waals surface area contributed by atoms with Crippen LogP contribution in [0, 0.1) is 0 Å². The van der Waals surface area contributed by atoms with Gasteiger partial charge in [0.15, 0.2) is 0 Å². The topological polar surface area (TPSA) is 44.4 Å². The van der Waals surface area contributed by atoms with Gasteiger partial charge in [-0.25, -0.2) is 0 Å². The van der Waals surface area contributed by atoms with Crippen molar-refractivity contribution in [3.63, 3.8) is 0 Å². The monoisotopic (exact) mass is 273 g/mol. The van der Waals surface area contributed by atoms with Crippen LogP contribution in [-0.4, -0.2) is 42.0 Å². The molecule has 1 aromatic carbocycles. The maximum atomic E-state index is 12.2. The van der Waals surface area contributed by atoms with E-state index < -0.39 is 0 Å². The van der Waals surface area contributed by atoms with Crippen LogP contribution in [0.2, 0.25) is 0 Å². The number of hydrogen-bond acceptors (Lipinski definition) is 3. The lowest BCUT2D eigenvalue weighted by molar-refractivity contribution is -0.118. The third-order valence-corrected chi connectivity index (χ3v) is 4.50. The van der Waals surface area contributed by atoms with Gasteiger partial charge in [0.1, 0.15) is 0 Å². The number of carbonyl (C=O) groups is 1. The Bertz CT molecular complexity index is 462. The molecule has 2 saturated heterocycles. The number of amides is 1. The second kappa shape index (κ2) is 5.94. The molecule has 4 nitrogen and oxygen atoms in total. The van der Waals surface area contributed by atoms with Crippen molar-refractivity contribution in [2.24, 2.45) is 0 Å². The Labute approximate surface area is 120 Å². The first-order chi connectivity index (χ1) is 9.74. The van der Waals surface area contributed by atoms with Crippen molar-refractivity contribution < 1.29 is 4.79 Å². The summed E-state index contributed by atoms with van der Waals surface area (Å²) in [6.07, 6.45) is 3.73. The Morgan fingerprint density at radius 2 is 2.05 bits per heavy atom. The molecule has 20 heavy (non-hydrogen) atoms. The minimum Gasteiger partial charge on any atom is -0.325 e. The van der Waals surface area contributed by atoms with Crippen molar-refractivity contribution >= 4 is 11.6 Å². The largest absolute Gasteiger partial charge is 0.325 e. The summed E-state index contributed by atoms with van der Waals surface area (Å²) in [5, 5.41) is 6.48. The highest BCUT2D eigenvalue weighted by Crippen LogP contribution is 2.28. The van der Waals surface area contributed by atoms with E-state index in [4.69, 9.17) is 0 Å². The van der Waals surface area contributed by atoms with E-state index in [1.807, 2.05) is 37.3 Å². The first kappa shape index (κ1) is 13.6. The minimum absolute atomic E-state index is 0.0487. The average Bonchev–Trinajstić information content (AvgIpc) is 3.05. The molecule has 0 bridgehead atoms. The average molecular weight is 273 g/mol. The van der Waals surface area contributed by atoms with E-state index in [0.717, 1.165) is 12.1 Å². The Balaban J connectivity index is 1.54. The van der Waals surface area contributed by atoms with Crippen molar-refractivity contribution in [2.75, 3.05) is 18.4 Å². The SMILES string of the molecule is CC(NC1CCN2CCCC12)C(=O)Nc1ccccc1. The molecule has 1 aromatic rings. The summed E-state index contributed by atoms with van der Waals surface area (Å²) in [4.78, 5) is 14.8. The van der Waals surface area contributed by atoms with Gasteiger partial charge in [0.2, 0.25) is 5.91 Å². The number of benzene rings is 1. The van der Waals surface area contributed by atoms with Crippen molar-refractivity contribution in [3.05, 3.63) is 30.3 Å². The molecule has 2 aliphatic heterocycles. The van der Waals surface area contributed by atoms with Crippen LogP contribution >= 0.6 is 0 Å². The second-order valence-corrected chi connectivity index (χ2v) is 5.88. The molecule has 2 heterocycles. The third kappa shape index (κ3) is 2.86. The number of nitrogens with one attached hydrogen (secondary N) is 2. The van der Waals surface area contributed by atoms with Gasteiger partial charge in [0.05, 0.1) is 6.04 Å². The normalized spacial score (nSPS) is 27.2. The van der Waals surface area contributed by atoms with Gasteiger partial charge in [-0.2, -0.15) is 0 Å². The number of hydrogen-bond donors (Lipinski definition) is 2. The molecule has 2 N–H and O–H groups in total. The molecule has 2 aliphatic rings. The first-order valence-corrected chi connectivity index (χ1v) is 7.60. The van der Waals surface area contributed by atoms with Gasteiger partial charge in [-0.3, -0.25) is 9.69 Å². The Kier molecular flexibility index (Phi) is 4.03. The highest BCUT2D eigenvalue weighted by molar-refractivity contribution is 5.94. The molecule has 0 saturated carbocycles. The molecular formula is C16H23N3O. The lowest BCUT2D eigenvalue weighted by Crippen LogP contribution is -2.48. The lowest BCUT2D eigenvalue weighted by atomic mass is 10.1. The summed E-state index contributed by atoms with van der Waals surface area (Å²) in [5.41, 5.74) is 0.861. The molecule has 0 aromatic heterocycles. The molecule has 0 spiro atoms. The molecular weight excluding hydrogens is 250 g/mol. The smallest absolute Gasteiger partial charge is 0.241 e. The third-order valence-electron chi connectivity index (χ3n) is 4.50. The fourth-order valence-corrected chi connectivity index (χ4v) is 3.45. The van der Waals surface area contributed by atoms with E-state index in [-0.39, 0.29) is 11.9 Å². The van der Waals surface area contributed by atoms with Gasteiger partial charge in [-0.15, -0.1) is 0 Å². The maximum absolute atomic E-state index is 12.2. The number of nitrogens with zero attached hydrogens (tertiary/aromatic N) is 1. The van der Waals surface area contributed by atoms with Gasteiger partial charge in [0, 0.05) is 24.3 Å². The number of fused-ring (bicyclic) bond motifs is 1. The summed E-state index contributed by atoms with van der Waals surface area (Å²) in [6, 6.07) is 10.6. The molecule has 3 unspecified atom stereocenters. The van der Waals surface area contributed by atoms with Crippen molar-refractivity contribution in [3.8, 4) is 0 Å². The second-order valence-electron chi connectivity index (χ2n) is 5.88. The number of rotatable bonds is 4. The van der Waals surface area contributed by atoms with E-state index in [1.165, 1.54) is 25.9 Å². The molecule has 4 heteroatoms. The zero-order valence-corrected chi connectivity index (χ0v) is 12.0. The quantitative estimate of drug-likeness (QED) is 0.880. The summed E-state index contributed by atoms with van der Waals surface area (Å²) in [5.74, 6) is 0.0487. The van der Waals surface area contributed by atoms with Gasteiger partial charge in [-0.1, -0.05) is 18.2 Å². The zero-order chi connectivity index (χ0) is 13.9. The standard InChI is InChI=1S/C16H23N3O/c1-12(16(20)18-13-6-3-2-4-7-13)17-14-9-11-19-10-5-8-15(14)19/h2-4,6-7,12,14-15,17H,5,8-11H2,1H3,(H,18,20). The van der Waals surface area contributed by atoms with Crippen molar-refractivity contribution in [2.45, 2.75) is 44.3 Å². The van der Waals surface area contributed by atoms with Crippen LogP contribution in [-0.2, 0) is 4.79 Å². The van der Waals surface area contributed by atoms with Gasteiger partial charge >= 0.3 is 0 Å². The summed E-state index contributed by atoms with van der Waals surface area (Å²) >= 11 is 0. The summed E-state index contributed by atoms with van der Waals surface area (Å²) in [6.45, 7) is 4.36.